The smallest absolute Gasteiger partial charge is 0.136 e. The molecule has 1 aliphatic heterocycles. The number of hydrogen-bond donors (Lipinski definition) is 2. The summed E-state index contributed by atoms with van der Waals surface area (Å²) in [5, 5.41) is 3.31. The Balaban J connectivity index is 1.68. The van der Waals surface area contributed by atoms with E-state index in [1.54, 1.807) is 0 Å². The van der Waals surface area contributed by atoms with Gasteiger partial charge in [0.15, 0.2) is 0 Å². The van der Waals surface area contributed by atoms with Crippen LogP contribution < -0.4 is 11.1 Å². The highest BCUT2D eigenvalue weighted by Crippen LogP contribution is 2.39. The standard InChI is InChI=1S/C13H20N4O2/c1-8-11(14)16-13(9-2-3-9)17-12(8)15-6-10-7-18-4-5-19-10/h9-10H,2-7H2,1H3,(H3,14,15,16,17). The topological polar surface area (TPSA) is 82.3 Å². The van der Waals surface area contributed by atoms with Gasteiger partial charge >= 0.3 is 0 Å². The van der Waals surface area contributed by atoms with Crippen LogP contribution in [0.15, 0.2) is 0 Å². The van der Waals surface area contributed by atoms with Crippen LogP contribution in [0.1, 0.15) is 30.1 Å². The Hall–Kier alpha value is -1.40. The van der Waals surface area contributed by atoms with E-state index in [4.69, 9.17) is 15.2 Å². The zero-order chi connectivity index (χ0) is 13.2. The van der Waals surface area contributed by atoms with Gasteiger partial charge in [-0.05, 0) is 19.8 Å². The average molecular weight is 264 g/mol. The maximum absolute atomic E-state index is 5.95. The van der Waals surface area contributed by atoms with Crippen LogP contribution in [0.5, 0.6) is 0 Å². The summed E-state index contributed by atoms with van der Waals surface area (Å²) in [6, 6.07) is 0. The molecule has 3 N–H and O–H groups in total. The Morgan fingerprint density at radius 2 is 2.16 bits per heavy atom. The molecule has 1 aliphatic carbocycles. The highest BCUT2D eigenvalue weighted by Gasteiger charge is 2.28. The molecular formula is C13H20N4O2. The first-order valence-corrected chi connectivity index (χ1v) is 6.81. The van der Waals surface area contributed by atoms with Crippen LogP contribution in [-0.2, 0) is 9.47 Å². The summed E-state index contributed by atoms with van der Waals surface area (Å²) in [5.41, 5.74) is 6.85. The predicted octanol–water partition coefficient (Wildman–Crippen LogP) is 1.07. The first kappa shape index (κ1) is 12.6. The third-order valence-corrected chi connectivity index (χ3v) is 3.53. The summed E-state index contributed by atoms with van der Waals surface area (Å²) in [5.74, 6) is 2.76. The van der Waals surface area contributed by atoms with Crippen molar-refractivity contribution in [3.8, 4) is 0 Å². The second kappa shape index (κ2) is 5.30. The zero-order valence-electron chi connectivity index (χ0n) is 11.2. The van der Waals surface area contributed by atoms with Gasteiger partial charge in [-0.3, -0.25) is 0 Å². The van der Waals surface area contributed by atoms with E-state index in [9.17, 15) is 0 Å². The average Bonchev–Trinajstić information content (AvgIpc) is 3.26. The van der Waals surface area contributed by atoms with Gasteiger partial charge in [0, 0.05) is 18.0 Å². The number of anilines is 2. The monoisotopic (exact) mass is 264 g/mol. The molecule has 0 radical (unpaired) electrons. The van der Waals surface area contributed by atoms with Crippen LogP contribution >= 0.6 is 0 Å². The fourth-order valence-electron chi connectivity index (χ4n) is 2.11. The van der Waals surface area contributed by atoms with Crippen LogP contribution in [0.25, 0.3) is 0 Å². The van der Waals surface area contributed by atoms with Crippen molar-refractivity contribution in [2.75, 3.05) is 37.4 Å². The molecule has 0 bridgehead atoms. The van der Waals surface area contributed by atoms with E-state index in [1.165, 1.54) is 12.8 Å². The Kier molecular flexibility index (Phi) is 3.52. The molecule has 1 unspecified atom stereocenters. The van der Waals surface area contributed by atoms with Gasteiger partial charge in [-0.15, -0.1) is 0 Å². The first-order valence-electron chi connectivity index (χ1n) is 6.81. The summed E-state index contributed by atoms with van der Waals surface area (Å²) in [7, 11) is 0. The lowest BCUT2D eigenvalue weighted by molar-refractivity contribution is -0.0819. The molecule has 104 valence electrons. The van der Waals surface area contributed by atoms with Crippen LogP contribution in [-0.4, -0.2) is 42.4 Å². The molecule has 6 nitrogen and oxygen atoms in total. The van der Waals surface area contributed by atoms with Crippen molar-refractivity contribution in [2.24, 2.45) is 0 Å². The Morgan fingerprint density at radius 3 is 2.84 bits per heavy atom. The largest absolute Gasteiger partial charge is 0.383 e. The number of nitrogens with zero attached hydrogens (tertiary/aromatic N) is 2. The quantitative estimate of drug-likeness (QED) is 0.846. The Morgan fingerprint density at radius 1 is 1.32 bits per heavy atom. The Bertz CT molecular complexity index is 456. The van der Waals surface area contributed by atoms with Gasteiger partial charge in [-0.2, -0.15) is 0 Å². The van der Waals surface area contributed by atoms with E-state index < -0.39 is 0 Å². The van der Waals surface area contributed by atoms with Crippen LogP contribution in [0.4, 0.5) is 11.6 Å². The molecule has 1 aromatic rings. The molecule has 1 atom stereocenters. The number of nitrogen functional groups attached to an aromatic ring is 1. The molecular weight excluding hydrogens is 244 g/mol. The fourth-order valence-corrected chi connectivity index (χ4v) is 2.11. The van der Waals surface area contributed by atoms with E-state index in [0.717, 1.165) is 17.2 Å². The maximum Gasteiger partial charge on any atom is 0.136 e. The van der Waals surface area contributed by atoms with Crippen molar-refractivity contribution in [1.29, 1.82) is 0 Å². The molecule has 2 aliphatic rings. The highest BCUT2D eigenvalue weighted by atomic mass is 16.6. The second-order valence-corrected chi connectivity index (χ2v) is 5.16. The SMILES string of the molecule is Cc1c(N)nc(C2CC2)nc1NCC1COCCO1. The summed E-state index contributed by atoms with van der Waals surface area (Å²) >= 11 is 0. The lowest BCUT2D eigenvalue weighted by Crippen LogP contribution is -2.34. The van der Waals surface area contributed by atoms with E-state index in [0.29, 0.717) is 38.1 Å². The minimum atomic E-state index is 0.0775. The van der Waals surface area contributed by atoms with Crippen molar-refractivity contribution < 1.29 is 9.47 Å². The van der Waals surface area contributed by atoms with E-state index in [-0.39, 0.29) is 6.10 Å². The molecule has 1 saturated heterocycles. The third-order valence-electron chi connectivity index (χ3n) is 3.53. The van der Waals surface area contributed by atoms with Gasteiger partial charge in [0.05, 0.1) is 25.9 Å². The number of rotatable bonds is 4. The first-order chi connectivity index (χ1) is 9.24. The molecule has 1 saturated carbocycles. The number of aromatic nitrogens is 2. The molecule has 0 amide bonds. The molecule has 2 fully saturated rings. The third kappa shape index (κ3) is 2.96. The van der Waals surface area contributed by atoms with Crippen molar-refractivity contribution >= 4 is 11.6 Å². The van der Waals surface area contributed by atoms with Gasteiger partial charge in [0.25, 0.3) is 0 Å². The molecule has 0 spiro atoms. The van der Waals surface area contributed by atoms with Crippen LogP contribution in [0, 0.1) is 6.92 Å². The van der Waals surface area contributed by atoms with Gasteiger partial charge in [0.2, 0.25) is 0 Å². The normalized spacial score (nSPS) is 23.3. The molecule has 6 heteroatoms. The number of nitrogens with one attached hydrogen (secondary N) is 1. The van der Waals surface area contributed by atoms with Crippen molar-refractivity contribution in [3.05, 3.63) is 11.4 Å². The maximum atomic E-state index is 5.95. The van der Waals surface area contributed by atoms with E-state index in [2.05, 4.69) is 15.3 Å². The van der Waals surface area contributed by atoms with Crippen molar-refractivity contribution in [1.82, 2.24) is 9.97 Å². The number of hydrogen-bond acceptors (Lipinski definition) is 6. The summed E-state index contributed by atoms with van der Waals surface area (Å²) < 4.78 is 11.0. The van der Waals surface area contributed by atoms with Gasteiger partial charge in [-0.1, -0.05) is 0 Å². The zero-order valence-corrected chi connectivity index (χ0v) is 11.2. The molecule has 3 rings (SSSR count). The van der Waals surface area contributed by atoms with Crippen LogP contribution in [0.2, 0.25) is 0 Å². The summed E-state index contributed by atoms with van der Waals surface area (Å²) in [4.78, 5) is 8.94. The van der Waals surface area contributed by atoms with Gasteiger partial charge < -0.3 is 20.5 Å². The highest BCUT2D eigenvalue weighted by molar-refractivity contribution is 5.55. The predicted molar refractivity (Wildman–Crippen MR) is 72.2 cm³/mol. The van der Waals surface area contributed by atoms with Gasteiger partial charge in [0.1, 0.15) is 17.5 Å². The lowest BCUT2D eigenvalue weighted by Gasteiger charge is -2.23. The molecule has 2 heterocycles. The Labute approximate surface area is 112 Å². The number of nitrogens with two attached hydrogens (primary N) is 1. The lowest BCUT2D eigenvalue weighted by atomic mass is 10.2. The van der Waals surface area contributed by atoms with Crippen molar-refractivity contribution in [2.45, 2.75) is 31.8 Å². The van der Waals surface area contributed by atoms with E-state index in [1.807, 2.05) is 6.92 Å². The molecule has 0 aromatic carbocycles. The van der Waals surface area contributed by atoms with E-state index >= 15 is 0 Å². The number of ether oxygens (including phenoxy) is 2. The summed E-state index contributed by atoms with van der Waals surface area (Å²) in [6.45, 7) is 4.59. The minimum absolute atomic E-state index is 0.0775. The van der Waals surface area contributed by atoms with Crippen molar-refractivity contribution in [3.63, 3.8) is 0 Å². The van der Waals surface area contributed by atoms with Gasteiger partial charge in [-0.25, -0.2) is 9.97 Å². The van der Waals surface area contributed by atoms with Crippen LogP contribution in [0.3, 0.4) is 0 Å². The minimum Gasteiger partial charge on any atom is -0.383 e. The second-order valence-electron chi connectivity index (χ2n) is 5.16. The fraction of sp³-hybridized carbons (Fsp3) is 0.692. The summed E-state index contributed by atoms with van der Waals surface area (Å²) in [6.07, 6.45) is 2.41. The molecule has 1 aromatic heterocycles. The molecule has 19 heavy (non-hydrogen) atoms.